The van der Waals surface area contributed by atoms with Gasteiger partial charge in [0.05, 0.1) is 18.0 Å². The van der Waals surface area contributed by atoms with Crippen LogP contribution < -0.4 is 16.2 Å². The summed E-state index contributed by atoms with van der Waals surface area (Å²) in [5.41, 5.74) is -0.838. The maximum Gasteiger partial charge on any atom is 0.408 e. The second-order valence-electron chi connectivity index (χ2n) is 4.43. The van der Waals surface area contributed by atoms with Crippen molar-refractivity contribution in [3.8, 4) is 0 Å². The molecule has 0 aliphatic heterocycles. The van der Waals surface area contributed by atoms with E-state index in [1.165, 1.54) is 0 Å². The first-order valence-electron chi connectivity index (χ1n) is 6.15. The third kappa shape index (κ3) is 6.32. The standard InChI is InChI=1S/C11H16ClF3N4O2/c1-7(20)4-16-2-3-17-8-5-18-19(6-11(13,14)15)10(21)9(8)12/h5,7,16-17,20H,2-4,6H2,1H3. The number of alkyl halides is 3. The Kier molecular flexibility index (Phi) is 6.43. The number of rotatable bonds is 7. The van der Waals surface area contributed by atoms with Gasteiger partial charge in [-0.05, 0) is 6.92 Å². The summed E-state index contributed by atoms with van der Waals surface area (Å²) >= 11 is 5.73. The van der Waals surface area contributed by atoms with Crippen LogP contribution in [0.3, 0.4) is 0 Å². The van der Waals surface area contributed by atoms with Crippen molar-refractivity contribution in [2.75, 3.05) is 25.0 Å². The van der Waals surface area contributed by atoms with E-state index >= 15 is 0 Å². The van der Waals surface area contributed by atoms with E-state index in [9.17, 15) is 18.0 Å². The van der Waals surface area contributed by atoms with Crippen LogP contribution in [-0.4, -0.2) is 46.8 Å². The minimum Gasteiger partial charge on any atom is -0.392 e. The fourth-order valence-electron chi connectivity index (χ4n) is 1.47. The number of nitrogens with one attached hydrogen (secondary N) is 2. The molecule has 0 aliphatic rings. The molecule has 0 fully saturated rings. The van der Waals surface area contributed by atoms with Crippen molar-refractivity contribution in [1.29, 1.82) is 0 Å². The predicted molar refractivity (Wildman–Crippen MR) is 72.6 cm³/mol. The Morgan fingerprint density at radius 1 is 1.48 bits per heavy atom. The molecule has 120 valence electrons. The molecule has 0 aromatic carbocycles. The smallest absolute Gasteiger partial charge is 0.392 e. The van der Waals surface area contributed by atoms with Gasteiger partial charge in [0.15, 0.2) is 0 Å². The topological polar surface area (TPSA) is 79.2 Å². The number of hydrogen-bond donors (Lipinski definition) is 3. The van der Waals surface area contributed by atoms with Gasteiger partial charge in [0.25, 0.3) is 5.56 Å². The molecule has 3 N–H and O–H groups in total. The van der Waals surface area contributed by atoms with Gasteiger partial charge in [-0.1, -0.05) is 11.6 Å². The van der Waals surface area contributed by atoms with E-state index in [1.807, 2.05) is 0 Å². The van der Waals surface area contributed by atoms with E-state index in [-0.39, 0.29) is 15.4 Å². The number of aromatic nitrogens is 2. The molecule has 0 spiro atoms. The molecule has 10 heteroatoms. The Labute approximate surface area is 123 Å². The minimum atomic E-state index is -4.54. The maximum atomic E-state index is 12.2. The van der Waals surface area contributed by atoms with E-state index < -0.39 is 24.4 Å². The van der Waals surface area contributed by atoms with Crippen molar-refractivity contribution in [3.05, 3.63) is 21.6 Å². The maximum absolute atomic E-state index is 12.2. The van der Waals surface area contributed by atoms with Gasteiger partial charge in [0.1, 0.15) is 11.6 Å². The van der Waals surface area contributed by atoms with Crippen LogP contribution in [0.4, 0.5) is 18.9 Å². The van der Waals surface area contributed by atoms with Crippen LogP contribution in [0, 0.1) is 0 Å². The molecule has 1 heterocycles. The molecule has 1 aromatic heterocycles. The summed E-state index contributed by atoms with van der Waals surface area (Å²) in [6.07, 6.45) is -3.95. The first kappa shape index (κ1) is 17.7. The van der Waals surface area contributed by atoms with Crippen LogP contribution in [0.15, 0.2) is 11.0 Å². The van der Waals surface area contributed by atoms with Crippen molar-refractivity contribution in [1.82, 2.24) is 15.1 Å². The summed E-state index contributed by atoms with van der Waals surface area (Å²) in [5, 5.41) is 17.8. The Morgan fingerprint density at radius 2 is 2.14 bits per heavy atom. The summed E-state index contributed by atoms with van der Waals surface area (Å²) < 4.78 is 36.9. The monoisotopic (exact) mass is 328 g/mol. The van der Waals surface area contributed by atoms with Gasteiger partial charge in [-0.2, -0.15) is 18.3 Å². The van der Waals surface area contributed by atoms with Gasteiger partial charge in [0.2, 0.25) is 0 Å². The highest BCUT2D eigenvalue weighted by molar-refractivity contribution is 6.32. The highest BCUT2D eigenvalue weighted by atomic mass is 35.5. The third-order valence-electron chi connectivity index (χ3n) is 2.37. The molecule has 21 heavy (non-hydrogen) atoms. The zero-order chi connectivity index (χ0) is 16.0. The average molecular weight is 329 g/mol. The van der Waals surface area contributed by atoms with Crippen LogP contribution in [0.5, 0.6) is 0 Å². The average Bonchev–Trinajstić information content (AvgIpc) is 2.35. The van der Waals surface area contributed by atoms with E-state index in [0.29, 0.717) is 19.6 Å². The molecule has 0 amide bonds. The molecular formula is C11H16ClF3N4O2. The van der Waals surface area contributed by atoms with E-state index in [4.69, 9.17) is 16.7 Å². The van der Waals surface area contributed by atoms with E-state index in [2.05, 4.69) is 15.7 Å². The molecule has 0 saturated heterocycles. The van der Waals surface area contributed by atoms with Crippen LogP contribution in [-0.2, 0) is 6.54 Å². The predicted octanol–water partition coefficient (Wildman–Crippen LogP) is 0.841. The number of aliphatic hydroxyl groups excluding tert-OH is 1. The van der Waals surface area contributed by atoms with Crippen LogP contribution in [0.1, 0.15) is 6.92 Å². The van der Waals surface area contributed by atoms with Gasteiger partial charge in [-0.15, -0.1) is 0 Å². The summed E-state index contributed by atoms with van der Waals surface area (Å²) in [4.78, 5) is 11.6. The molecular weight excluding hydrogens is 313 g/mol. The second-order valence-corrected chi connectivity index (χ2v) is 4.81. The van der Waals surface area contributed by atoms with Crippen molar-refractivity contribution < 1.29 is 18.3 Å². The molecule has 0 aliphatic carbocycles. The van der Waals surface area contributed by atoms with Crippen LogP contribution in [0.25, 0.3) is 0 Å². The molecule has 1 atom stereocenters. The fourth-order valence-corrected chi connectivity index (χ4v) is 1.68. The summed E-state index contributed by atoms with van der Waals surface area (Å²) in [6.45, 7) is 1.40. The zero-order valence-electron chi connectivity index (χ0n) is 11.2. The lowest BCUT2D eigenvalue weighted by Crippen LogP contribution is -2.32. The van der Waals surface area contributed by atoms with Crippen LogP contribution in [0.2, 0.25) is 5.02 Å². The number of anilines is 1. The fraction of sp³-hybridized carbons (Fsp3) is 0.636. The Morgan fingerprint density at radius 3 is 2.71 bits per heavy atom. The number of nitrogens with zero attached hydrogens (tertiary/aromatic N) is 2. The Hall–Kier alpha value is -1.32. The first-order chi connectivity index (χ1) is 9.70. The minimum absolute atomic E-state index is 0.166. The lowest BCUT2D eigenvalue weighted by atomic mass is 10.4. The lowest BCUT2D eigenvalue weighted by Gasteiger charge is -2.12. The molecule has 1 rings (SSSR count). The van der Waals surface area contributed by atoms with Crippen molar-refractivity contribution in [2.24, 2.45) is 0 Å². The van der Waals surface area contributed by atoms with Gasteiger partial charge in [0, 0.05) is 19.6 Å². The van der Waals surface area contributed by atoms with E-state index in [0.717, 1.165) is 6.20 Å². The van der Waals surface area contributed by atoms with Crippen LogP contribution >= 0.6 is 11.6 Å². The van der Waals surface area contributed by atoms with Gasteiger partial charge >= 0.3 is 6.18 Å². The highest BCUT2D eigenvalue weighted by Crippen LogP contribution is 2.18. The summed E-state index contributed by atoms with van der Waals surface area (Å²) in [7, 11) is 0. The zero-order valence-corrected chi connectivity index (χ0v) is 12.0. The number of halogens is 4. The molecule has 0 bridgehead atoms. The highest BCUT2D eigenvalue weighted by Gasteiger charge is 2.29. The molecule has 1 aromatic rings. The Bertz CT molecular complexity index is 519. The molecule has 0 radical (unpaired) electrons. The molecule has 0 saturated carbocycles. The largest absolute Gasteiger partial charge is 0.408 e. The van der Waals surface area contributed by atoms with Crippen molar-refractivity contribution in [2.45, 2.75) is 25.7 Å². The van der Waals surface area contributed by atoms with Gasteiger partial charge < -0.3 is 15.7 Å². The second kappa shape index (κ2) is 7.62. The van der Waals surface area contributed by atoms with Gasteiger partial charge in [-0.3, -0.25) is 4.79 Å². The first-order valence-corrected chi connectivity index (χ1v) is 6.53. The number of hydrogen-bond acceptors (Lipinski definition) is 5. The van der Waals surface area contributed by atoms with E-state index in [1.54, 1.807) is 6.92 Å². The van der Waals surface area contributed by atoms with Crippen molar-refractivity contribution >= 4 is 17.3 Å². The molecule has 1 unspecified atom stereocenters. The lowest BCUT2D eigenvalue weighted by molar-refractivity contribution is -0.143. The summed E-state index contributed by atoms with van der Waals surface area (Å²) in [5.74, 6) is 0. The Balaban J connectivity index is 2.61. The summed E-state index contributed by atoms with van der Waals surface area (Å²) in [6, 6.07) is 0. The van der Waals surface area contributed by atoms with Crippen molar-refractivity contribution in [3.63, 3.8) is 0 Å². The number of aliphatic hydroxyl groups is 1. The quantitative estimate of drug-likeness (QED) is 0.647. The SMILES string of the molecule is CC(O)CNCCNc1cnn(CC(F)(F)F)c(=O)c1Cl. The normalized spacial score (nSPS) is 13.2. The third-order valence-corrected chi connectivity index (χ3v) is 2.74. The van der Waals surface area contributed by atoms with Gasteiger partial charge in [-0.25, -0.2) is 4.68 Å². The molecule has 6 nitrogen and oxygen atoms in total.